The van der Waals surface area contributed by atoms with Crippen LogP contribution in [0.15, 0.2) is 77.7 Å². The van der Waals surface area contributed by atoms with Crippen LogP contribution < -0.4 is 0 Å². The molecule has 0 bridgehead atoms. The lowest BCUT2D eigenvalue weighted by Gasteiger charge is -2.20. The minimum absolute atomic E-state index is 0.0212. The summed E-state index contributed by atoms with van der Waals surface area (Å²) < 4.78 is 25.9. The number of fused-ring (bicyclic) bond motifs is 2. The molecule has 5 heteroatoms. The van der Waals surface area contributed by atoms with Crippen molar-refractivity contribution in [3.63, 3.8) is 0 Å². The maximum absolute atomic E-state index is 13.0. The van der Waals surface area contributed by atoms with Crippen molar-refractivity contribution in [3.8, 4) is 0 Å². The molecule has 0 fully saturated rings. The van der Waals surface area contributed by atoms with Gasteiger partial charge in [-0.2, -0.15) is 0 Å². The number of rotatable bonds is 3. The van der Waals surface area contributed by atoms with E-state index in [4.69, 9.17) is 0 Å². The van der Waals surface area contributed by atoms with Gasteiger partial charge in [0, 0.05) is 16.7 Å². The minimum atomic E-state index is -3.79. The van der Waals surface area contributed by atoms with Gasteiger partial charge in [0.25, 0.3) is 0 Å². The highest BCUT2D eigenvalue weighted by atomic mass is 32.2. The van der Waals surface area contributed by atoms with Crippen LogP contribution in [0.5, 0.6) is 0 Å². The van der Waals surface area contributed by atoms with Crippen molar-refractivity contribution in [2.45, 2.75) is 10.6 Å². The van der Waals surface area contributed by atoms with E-state index in [-0.39, 0.29) is 33.1 Å². The molecular weight excluding hydrogens is 348 g/mol. The summed E-state index contributed by atoms with van der Waals surface area (Å²) in [6, 6.07) is 19.7. The van der Waals surface area contributed by atoms with E-state index >= 15 is 0 Å². The van der Waals surface area contributed by atoms with Crippen LogP contribution in [-0.2, 0) is 15.6 Å². The predicted octanol–water partition coefficient (Wildman–Crippen LogP) is 3.44. The monoisotopic (exact) mass is 362 g/mol. The number of hydrogen-bond acceptors (Lipinski definition) is 4. The molecule has 0 aromatic heterocycles. The Bertz CT molecular complexity index is 1150. The molecule has 0 saturated heterocycles. The maximum Gasteiger partial charge on any atom is 0.195 e. The zero-order valence-corrected chi connectivity index (χ0v) is 14.5. The van der Waals surface area contributed by atoms with Gasteiger partial charge in [0.15, 0.2) is 21.4 Å². The first-order valence-corrected chi connectivity index (χ1v) is 9.72. The van der Waals surface area contributed by atoms with E-state index in [9.17, 15) is 18.0 Å². The van der Waals surface area contributed by atoms with Crippen molar-refractivity contribution in [2.75, 3.05) is 0 Å². The van der Waals surface area contributed by atoms with Crippen LogP contribution >= 0.6 is 0 Å². The SMILES string of the molecule is O=C1c2ccccc2C(=O)c2c1cccc2S(=O)(=O)Cc1ccccc1. The van der Waals surface area contributed by atoms with E-state index in [0.717, 1.165) is 0 Å². The van der Waals surface area contributed by atoms with E-state index in [1.165, 1.54) is 18.2 Å². The van der Waals surface area contributed by atoms with E-state index in [2.05, 4.69) is 0 Å². The highest BCUT2D eigenvalue weighted by Gasteiger charge is 2.34. The molecule has 0 amide bonds. The zero-order valence-electron chi connectivity index (χ0n) is 13.7. The van der Waals surface area contributed by atoms with Crippen molar-refractivity contribution in [3.05, 3.63) is 101 Å². The normalized spacial score (nSPS) is 13.2. The Balaban J connectivity index is 1.88. The van der Waals surface area contributed by atoms with E-state index in [1.807, 2.05) is 0 Å². The third-order valence-corrected chi connectivity index (χ3v) is 6.17. The lowest BCUT2D eigenvalue weighted by Crippen LogP contribution is -2.24. The average Bonchev–Trinajstić information content (AvgIpc) is 2.66. The third-order valence-electron chi connectivity index (χ3n) is 4.45. The number of carbonyl (C=O) groups is 2. The van der Waals surface area contributed by atoms with Crippen molar-refractivity contribution in [1.29, 1.82) is 0 Å². The van der Waals surface area contributed by atoms with Gasteiger partial charge in [-0.25, -0.2) is 8.42 Å². The molecule has 0 aliphatic heterocycles. The Morgan fingerprint density at radius 1 is 0.615 bits per heavy atom. The van der Waals surface area contributed by atoms with Gasteiger partial charge in [0.05, 0.1) is 16.2 Å². The van der Waals surface area contributed by atoms with Gasteiger partial charge in [-0.15, -0.1) is 0 Å². The van der Waals surface area contributed by atoms with E-state index in [1.54, 1.807) is 54.6 Å². The predicted molar refractivity (Wildman–Crippen MR) is 97.1 cm³/mol. The molecule has 3 aromatic carbocycles. The molecule has 0 heterocycles. The van der Waals surface area contributed by atoms with Gasteiger partial charge < -0.3 is 0 Å². The van der Waals surface area contributed by atoms with Crippen molar-refractivity contribution < 1.29 is 18.0 Å². The fraction of sp³-hybridized carbons (Fsp3) is 0.0476. The molecule has 1 aliphatic rings. The summed E-state index contributed by atoms with van der Waals surface area (Å²) in [5.41, 5.74) is 1.30. The molecule has 0 unspecified atom stereocenters. The summed E-state index contributed by atoms with van der Waals surface area (Å²) in [7, 11) is -3.79. The van der Waals surface area contributed by atoms with Crippen LogP contribution in [0.3, 0.4) is 0 Å². The van der Waals surface area contributed by atoms with Gasteiger partial charge in [0.1, 0.15) is 0 Å². The number of sulfone groups is 1. The summed E-state index contributed by atoms with van der Waals surface area (Å²) in [4.78, 5) is 25.6. The molecule has 26 heavy (non-hydrogen) atoms. The largest absolute Gasteiger partial charge is 0.289 e. The fourth-order valence-electron chi connectivity index (χ4n) is 3.24. The van der Waals surface area contributed by atoms with E-state index < -0.39 is 15.6 Å². The van der Waals surface area contributed by atoms with Gasteiger partial charge in [-0.1, -0.05) is 66.7 Å². The second-order valence-electron chi connectivity index (χ2n) is 6.13. The first kappa shape index (κ1) is 16.4. The Hall–Kier alpha value is -3.05. The van der Waals surface area contributed by atoms with Crippen molar-refractivity contribution in [2.24, 2.45) is 0 Å². The van der Waals surface area contributed by atoms with Crippen LogP contribution in [0, 0.1) is 0 Å². The van der Waals surface area contributed by atoms with Crippen LogP contribution in [0.2, 0.25) is 0 Å². The van der Waals surface area contributed by atoms with Crippen LogP contribution in [0.1, 0.15) is 37.4 Å². The second-order valence-corrected chi connectivity index (χ2v) is 8.09. The highest BCUT2D eigenvalue weighted by Crippen LogP contribution is 2.32. The summed E-state index contributed by atoms with van der Waals surface area (Å²) in [6.45, 7) is 0. The number of carbonyl (C=O) groups excluding carboxylic acids is 2. The summed E-state index contributed by atoms with van der Waals surface area (Å²) in [6.07, 6.45) is 0. The molecule has 128 valence electrons. The lowest BCUT2D eigenvalue weighted by atomic mass is 9.84. The number of benzene rings is 3. The topological polar surface area (TPSA) is 68.3 Å². The maximum atomic E-state index is 13.0. The van der Waals surface area contributed by atoms with Gasteiger partial charge in [-0.05, 0) is 11.6 Å². The Kier molecular flexibility index (Phi) is 3.81. The first-order valence-electron chi connectivity index (χ1n) is 8.07. The molecule has 0 spiro atoms. The summed E-state index contributed by atoms with van der Waals surface area (Å²) in [5.74, 6) is -0.984. The smallest absolute Gasteiger partial charge is 0.195 e. The zero-order chi connectivity index (χ0) is 18.3. The molecule has 0 radical (unpaired) electrons. The molecule has 4 nitrogen and oxygen atoms in total. The molecule has 0 saturated carbocycles. The lowest BCUT2D eigenvalue weighted by molar-refractivity contribution is 0.0976. The van der Waals surface area contributed by atoms with Crippen molar-refractivity contribution in [1.82, 2.24) is 0 Å². The molecule has 0 atom stereocenters. The molecular formula is C21H14O4S. The Morgan fingerprint density at radius 2 is 1.19 bits per heavy atom. The van der Waals surface area contributed by atoms with Gasteiger partial charge >= 0.3 is 0 Å². The third kappa shape index (κ3) is 2.57. The van der Waals surface area contributed by atoms with Crippen molar-refractivity contribution >= 4 is 21.4 Å². The fourth-order valence-corrected chi connectivity index (χ4v) is 4.83. The first-order chi connectivity index (χ1) is 12.5. The van der Waals surface area contributed by atoms with Gasteiger partial charge in [-0.3, -0.25) is 9.59 Å². The number of hydrogen-bond donors (Lipinski definition) is 0. The standard InChI is InChI=1S/C21H14O4S/c22-20-15-9-4-5-10-16(15)21(23)19-17(20)11-6-12-18(19)26(24,25)13-14-7-2-1-3-8-14/h1-12H,13H2. The summed E-state index contributed by atoms with van der Waals surface area (Å²) in [5, 5.41) is 0. The second kappa shape index (κ2) is 6.04. The Morgan fingerprint density at radius 3 is 1.88 bits per heavy atom. The minimum Gasteiger partial charge on any atom is -0.289 e. The van der Waals surface area contributed by atoms with Gasteiger partial charge in [0.2, 0.25) is 0 Å². The Labute approximate surface area is 151 Å². The molecule has 3 aromatic rings. The average molecular weight is 362 g/mol. The summed E-state index contributed by atoms with van der Waals surface area (Å²) >= 11 is 0. The van der Waals surface area contributed by atoms with E-state index in [0.29, 0.717) is 11.1 Å². The van der Waals surface area contributed by atoms with Crippen LogP contribution in [-0.4, -0.2) is 20.0 Å². The number of ketones is 2. The van der Waals surface area contributed by atoms with Crippen LogP contribution in [0.25, 0.3) is 0 Å². The molecule has 4 rings (SSSR count). The van der Waals surface area contributed by atoms with Crippen LogP contribution in [0.4, 0.5) is 0 Å². The quantitative estimate of drug-likeness (QED) is 0.560. The molecule has 0 N–H and O–H groups in total. The molecule has 1 aliphatic carbocycles. The highest BCUT2D eigenvalue weighted by molar-refractivity contribution is 7.90.